The molecule has 0 saturated carbocycles. The highest BCUT2D eigenvalue weighted by atomic mass is 16.5. The van der Waals surface area contributed by atoms with Crippen molar-refractivity contribution in [2.24, 2.45) is 5.10 Å². The molecule has 0 bridgehead atoms. The Labute approximate surface area is 189 Å². The Bertz CT molecular complexity index is 939. The first kappa shape index (κ1) is 24.7. The standard InChI is InChI=1S/C25H31N3O4/c1-19(16-20-10-6-4-7-11-20)18-27-28-24(29)12-8-5-9-15-26-25(30)21-13-14-22(31-2)23(17-21)32-3/h4,6-7,10-11,13-14,16-18H,5,8-9,12,15H2,1-3H3,(H,26,30)(H,28,29)/b19-16-,27-18+. The number of nitrogens with one attached hydrogen (secondary N) is 2. The van der Waals surface area contributed by atoms with Crippen LogP contribution in [0.5, 0.6) is 11.5 Å². The Kier molecular flexibility index (Phi) is 10.5. The van der Waals surface area contributed by atoms with Crippen LogP contribution in [0, 0.1) is 0 Å². The van der Waals surface area contributed by atoms with Crippen molar-refractivity contribution >= 4 is 24.1 Å². The molecule has 0 unspecified atom stereocenters. The molecule has 7 heteroatoms. The van der Waals surface area contributed by atoms with Crippen molar-refractivity contribution in [3.05, 3.63) is 65.2 Å². The van der Waals surface area contributed by atoms with Gasteiger partial charge in [0, 0.05) is 18.5 Å². The van der Waals surface area contributed by atoms with E-state index < -0.39 is 0 Å². The molecule has 2 N–H and O–H groups in total. The third-order valence-electron chi connectivity index (χ3n) is 4.66. The van der Waals surface area contributed by atoms with Gasteiger partial charge in [0.25, 0.3) is 5.91 Å². The van der Waals surface area contributed by atoms with Gasteiger partial charge in [0.1, 0.15) is 0 Å². The van der Waals surface area contributed by atoms with Crippen molar-refractivity contribution in [3.8, 4) is 11.5 Å². The van der Waals surface area contributed by atoms with Crippen LogP contribution in [-0.2, 0) is 4.79 Å². The number of hydrazone groups is 1. The van der Waals surface area contributed by atoms with Crippen LogP contribution < -0.4 is 20.2 Å². The van der Waals surface area contributed by atoms with E-state index in [1.165, 1.54) is 7.11 Å². The van der Waals surface area contributed by atoms with Crippen LogP contribution in [0.25, 0.3) is 6.08 Å². The van der Waals surface area contributed by atoms with Crippen LogP contribution in [0.15, 0.2) is 59.2 Å². The molecule has 0 saturated heterocycles. The third kappa shape index (κ3) is 8.63. The molecular formula is C25H31N3O4. The molecule has 0 aliphatic heterocycles. The lowest BCUT2D eigenvalue weighted by molar-refractivity contribution is -0.121. The van der Waals surface area contributed by atoms with E-state index in [2.05, 4.69) is 15.8 Å². The number of amides is 2. The SMILES string of the molecule is COc1ccc(C(=O)NCCCCCC(=O)N/N=C/C(C)=C\c2ccccc2)cc1OC. The Balaban J connectivity index is 1.61. The zero-order valence-electron chi connectivity index (χ0n) is 18.9. The molecule has 32 heavy (non-hydrogen) atoms. The zero-order chi connectivity index (χ0) is 23.2. The van der Waals surface area contributed by atoms with Gasteiger partial charge in [0.05, 0.1) is 20.4 Å². The summed E-state index contributed by atoms with van der Waals surface area (Å²) in [5.74, 6) is 0.800. The van der Waals surface area contributed by atoms with Gasteiger partial charge in [0.2, 0.25) is 5.91 Å². The minimum absolute atomic E-state index is 0.122. The molecule has 2 rings (SSSR count). The summed E-state index contributed by atoms with van der Waals surface area (Å²) in [5.41, 5.74) is 5.09. The maximum absolute atomic E-state index is 12.2. The second-order valence-corrected chi connectivity index (χ2v) is 7.23. The van der Waals surface area contributed by atoms with Crippen molar-refractivity contribution in [3.63, 3.8) is 0 Å². The molecule has 170 valence electrons. The maximum atomic E-state index is 12.2. The van der Waals surface area contributed by atoms with Gasteiger partial charge in [-0.05, 0) is 49.1 Å². The predicted octanol–water partition coefficient (Wildman–Crippen LogP) is 4.20. The second-order valence-electron chi connectivity index (χ2n) is 7.23. The van der Waals surface area contributed by atoms with E-state index in [0.29, 0.717) is 30.0 Å². The Morgan fingerprint density at radius 3 is 2.44 bits per heavy atom. The molecule has 0 spiro atoms. The molecule has 0 heterocycles. The quantitative estimate of drug-likeness (QED) is 0.296. The Hall–Kier alpha value is -3.61. The van der Waals surface area contributed by atoms with E-state index in [1.807, 2.05) is 43.3 Å². The number of allylic oxidation sites excluding steroid dienone is 1. The summed E-state index contributed by atoms with van der Waals surface area (Å²) in [6.07, 6.45) is 6.36. The Morgan fingerprint density at radius 1 is 0.969 bits per heavy atom. The highest BCUT2D eigenvalue weighted by molar-refractivity contribution is 5.94. The normalized spacial score (nSPS) is 11.3. The van der Waals surface area contributed by atoms with Crippen LogP contribution in [0.3, 0.4) is 0 Å². The number of nitrogens with zero attached hydrogens (tertiary/aromatic N) is 1. The van der Waals surface area contributed by atoms with Gasteiger partial charge in [-0.15, -0.1) is 0 Å². The van der Waals surface area contributed by atoms with Crippen molar-refractivity contribution in [1.82, 2.24) is 10.7 Å². The van der Waals surface area contributed by atoms with Gasteiger partial charge in [-0.1, -0.05) is 42.8 Å². The monoisotopic (exact) mass is 437 g/mol. The second kappa shape index (κ2) is 13.6. The van der Waals surface area contributed by atoms with Gasteiger partial charge in [-0.2, -0.15) is 5.10 Å². The summed E-state index contributed by atoms with van der Waals surface area (Å²) in [6.45, 7) is 2.47. The highest BCUT2D eigenvalue weighted by Gasteiger charge is 2.10. The van der Waals surface area contributed by atoms with Crippen molar-refractivity contribution in [1.29, 1.82) is 0 Å². The molecule has 0 fully saturated rings. The van der Waals surface area contributed by atoms with Gasteiger partial charge in [-0.25, -0.2) is 5.43 Å². The number of rotatable bonds is 12. The number of carbonyl (C=O) groups excluding carboxylic acids is 2. The van der Waals surface area contributed by atoms with E-state index in [-0.39, 0.29) is 11.8 Å². The number of unbranched alkanes of at least 4 members (excludes halogenated alkanes) is 2. The summed E-state index contributed by atoms with van der Waals surface area (Å²) in [6, 6.07) is 15.0. The number of hydrogen-bond acceptors (Lipinski definition) is 5. The van der Waals surface area contributed by atoms with Crippen molar-refractivity contribution in [2.75, 3.05) is 20.8 Å². The van der Waals surface area contributed by atoms with Crippen LogP contribution in [-0.4, -0.2) is 38.8 Å². The summed E-state index contributed by atoms with van der Waals surface area (Å²) >= 11 is 0. The lowest BCUT2D eigenvalue weighted by atomic mass is 10.1. The summed E-state index contributed by atoms with van der Waals surface area (Å²) in [7, 11) is 3.08. The summed E-state index contributed by atoms with van der Waals surface area (Å²) in [4.78, 5) is 24.1. The van der Waals surface area contributed by atoms with Crippen LogP contribution in [0.4, 0.5) is 0 Å². The number of hydrogen-bond donors (Lipinski definition) is 2. The average molecular weight is 438 g/mol. The number of ether oxygens (including phenoxy) is 2. The third-order valence-corrected chi connectivity index (χ3v) is 4.66. The van der Waals surface area contributed by atoms with Crippen LogP contribution in [0.2, 0.25) is 0 Å². The molecule has 7 nitrogen and oxygen atoms in total. The van der Waals surface area contributed by atoms with Crippen LogP contribution in [0.1, 0.15) is 48.5 Å². The van der Waals surface area contributed by atoms with E-state index in [9.17, 15) is 9.59 Å². The van der Waals surface area contributed by atoms with Crippen molar-refractivity contribution in [2.45, 2.75) is 32.6 Å². The summed E-state index contributed by atoms with van der Waals surface area (Å²) < 4.78 is 10.4. The maximum Gasteiger partial charge on any atom is 0.251 e. The summed E-state index contributed by atoms with van der Waals surface area (Å²) in [5, 5.41) is 6.87. The molecule has 2 aromatic carbocycles. The molecule has 2 amide bonds. The highest BCUT2D eigenvalue weighted by Crippen LogP contribution is 2.27. The molecule has 0 aliphatic carbocycles. The lowest BCUT2D eigenvalue weighted by Crippen LogP contribution is -2.24. The molecular weight excluding hydrogens is 406 g/mol. The fraction of sp³-hybridized carbons (Fsp3) is 0.320. The Morgan fingerprint density at radius 2 is 1.72 bits per heavy atom. The van der Waals surface area contributed by atoms with Crippen LogP contribution >= 0.6 is 0 Å². The number of carbonyl (C=O) groups is 2. The number of benzene rings is 2. The van der Waals surface area contributed by atoms with Gasteiger partial charge < -0.3 is 14.8 Å². The number of methoxy groups -OCH3 is 2. The lowest BCUT2D eigenvalue weighted by Gasteiger charge is -2.10. The van der Waals surface area contributed by atoms with E-state index in [0.717, 1.165) is 30.4 Å². The average Bonchev–Trinajstić information content (AvgIpc) is 2.81. The van der Waals surface area contributed by atoms with E-state index in [1.54, 1.807) is 31.5 Å². The van der Waals surface area contributed by atoms with E-state index >= 15 is 0 Å². The van der Waals surface area contributed by atoms with E-state index in [4.69, 9.17) is 9.47 Å². The van der Waals surface area contributed by atoms with Crippen molar-refractivity contribution < 1.29 is 19.1 Å². The molecule has 0 radical (unpaired) electrons. The topological polar surface area (TPSA) is 89.0 Å². The zero-order valence-corrected chi connectivity index (χ0v) is 18.9. The largest absolute Gasteiger partial charge is 0.493 e. The first-order valence-electron chi connectivity index (χ1n) is 10.6. The molecule has 0 aromatic heterocycles. The molecule has 2 aromatic rings. The van der Waals surface area contributed by atoms with Gasteiger partial charge >= 0.3 is 0 Å². The predicted molar refractivity (Wildman–Crippen MR) is 127 cm³/mol. The molecule has 0 aliphatic rings. The fourth-order valence-electron chi connectivity index (χ4n) is 2.98. The van der Waals surface area contributed by atoms with Gasteiger partial charge in [0.15, 0.2) is 11.5 Å². The minimum atomic E-state index is -0.169. The first-order valence-corrected chi connectivity index (χ1v) is 10.6. The molecule has 0 atom stereocenters. The smallest absolute Gasteiger partial charge is 0.251 e. The fourth-order valence-corrected chi connectivity index (χ4v) is 2.98. The minimum Gasteiger partial charge on any atom is -0.493 e. The first-order chi connectivity index (χ1) is 15.5. The van der Waals surface area contributed by atoms with Gasteiger partial charge in [-0.3, -0.25) is 9.59 Å².